The summed E-state index contributed by atoms with van der Waals surface area (Å²) in [6.45, 7) is 4.46. The van der Waals surface area contributed by atoms with Gasteiger partial charge in [0.25, 0.3) is 5.91 Å². The minimum Gasteiger partial charge on any atom is -0.370 e. The van der Waals surface area contributed by atoms with Crippen LogP contribution < -0.4 is 10.6 Å². The van der Waals surface area contributed by atoms with Crippen LogP contribution in [-0.2, 0) is 0 Å². The average Bonchev–Trinajstić information content (AvgIpc) is 2.44. The van der Waals surface area contributed by atoms with E-state index in [4.69, 9.17) is 0 Å². The molecule has 0 aliphatic heterocycles. The molecule has 2 aromatic rings. The average molecular weight is 273 g/mol. The Kier molecular flexibility index (Phi) is 4.30. The predicted octanol–water partition coefficient (Wildman–Crippen LogP) is 3.21. The van der Waals surface area contributed by atoms with Gasteiger partial charge < -0.3 is 10.6 Å². The number of aryl methyl sites for hydroxylation is 1. The molecule has 0 aliphatic carbocycles. The fraction of sp³-hybridized carbons (Fsp3) is 0.200. The highest BCUT2D eigenvalue weighted by molar-refractivity contribution is 6.04. The highest BCUT2D eigenvalue weighted by Crippen LogP contribution is 2.19. The zero-order chi connectivity index (χ0) is 14.5. The number of halogens is 1. The second-order valence-corrected chi connectivity index (χ2v) is 4.35. The van der Waals surface area contributed by atoms with E-state index in [1.54, 1.807) is 31.2 Å². The summed E-state index contributed by atoms with van der Waals surface area (Å²) in [4.78, 5) is 16.2. The molecular weight excluding hydrogens is 257 g/mol. The summed E-state index contributed by atoms with van der Waals surface area (Å²) in [6, 6.07) is 8.02. The van der Waals surface area contributed by atoms with Crippen LogP contribution in [-0.4, -0.2) is 17.4 Å². The number of nitrogens with one attached hydrogen (secondary N) is 2. The largest absolute Gasteiger partial charge is 0.370 e. The van der Waals surface area contributed by atoms with Gasteiger partial charge in [0.2, 0.25) is 0 Å². The number of hydrogen-bond acceptors (Lipinski definition) is 3. The third-order valence-electron chi connectivity index (χ3n) is 2.84. The molecule has 2 rings (SSSR count). The maximum absolute atomic E-state index is 13.7. The summed E-state index contributed by atoms with van der Waals surface area (Å²) in [5.74, 6) is -0.129. The number of carbonyl (C=O) groups is 1. The quantitative estimate of drug-likeness (QED) is 0.899. The van der Waals surface area contributed by atoms with E-state index >= 15 is 0 Å². The molecule has 20 heavy (non-hydrogen) atoms. The molecule has 1 aromatic carbocycles. The molecule has 0 aliphatic rings. The zero-order valence-corrected chi connectivity index (χ0v) is 11.4. The smallest absolute Gasteiger partial charge is 0.257 e. The summed E-state index contributed by atoms with van der Waals surface area (Å²) in [6.07, 6.45) is 1.46. The Bertz CT molecular complexity index is 591. The molecule has 0 bridgehead atoms. The van der Waals surface area contributed by atoms with Crippen LogP contribution in [0.15, 0.2) is 36.5 Å². The number of nitrogens with zero attached hydrogens (tertiary/aromatic N) is 1. The van der Waals surface area contributed by atoms with E-state index in [-0.39, 0.29) is 11.6 Å². The van der Waals surface area contributed by atoms with Crippen molar-refractivity contribution in [2.45, 2.75) is 13.8 Å². The molecular formula is C15H16FN3O. The standard InChI is InChI=1S/C15H16FN3O/c1-3-17-13-8-7-11(9-18-13)15(20)19-14-10(2)5-4-6-12(14)16/h4-9H,3H2,1-2H3,(H,17,18)(H,19,20). The molecule has 104 valence electrons. The summed E-state index contributed by atoms with van der Waals surface area (Å²) in [5.41, 5.74) is 1.26. The van der Waals surface area contributed by atoms with Crippen molar-refractivity contribution in [3.63, 3.8) is 0 Å². The Balaban J connectivity index is 2.16. The first-order valence-electron chi connectivity index (χ1n) is 6.38. The van der Waals surface area contributed by atoms with Gasteiger partial charge in [-0.3, -0.25) is 4.79 Å². The Morgan fingerprint density at radius 3 is 2.70 bits per heavy atom. The third kappa shape index (κ3) is 3.12. The van der Waals surface area contributed by atoms with Gasteiger partial charge in [0.15, 0.2) is 0 Å². The van der Waals surface area contributed by atoms with Gasteiger partial charge >= 0.3 is 0 Å². The molecule has 0 saturated carbocycles. The van der Waals surface area contributed by atoms with E-state index in [0.717, 1.165) is 6.54 Å². The normalized spacial score (nSPS) is 10.2. The second-order valence-electron chi connectivity index (χ2n) is 4.35. The van der Waals surface area contributed by atoms with Gasteiger partial charge in [0.1, 0.15) is 11.6 Å². The molecule has 0 spiro atoms. The van der Waals surface area contributed by atoms with Crippen molar-refractivity contribution in [1.82, 2.24) is 4.98 Å². The Labute approximate surface area is 117 Å². The van der Waals surface area contributed by atoms with Crippen molar-refractivity contribution in [3.8, 4) is 0 Å². The summed E-state index contributed by atoms with van der Waals surface area (Å²) >= 11 is 0. The molecule has 0 radical (unpaired) electrons. The minimum absolute atomic E-state index is 0.202. The SMILES string of the molecule is CCNc1ccc(C(=O)Nc2c(C)cccc2F)cn1. The number of rotatable bonds is 4. The highest BCUT2D eigenvalue weighted by Gasteiger charge is 2.11. The number of pyridine rings is 1. The van der Waals surface area contributed by atoms with E-state index in [9.17, 15) is 9.18 Å². The summed E-state index contributed by atoms with van der Waals surface area (Å²) in [7, 11) is 0. The van der Waals surface area contributed by atoms with Crippen LogP contribution in [0.3, 0.4) is 0 Å². The predicted molar refractivity (Wildman–Crippen MR) is 77.5 cm³/mol. The second kappa shape index (κ2) is 6.14. The third-order valence-corrected chi connectivity index (χ3v) is 2.84. The van der Waals surface area contributed by atoms with Crippen molar-refractivity contribution < 1.29 is 9.18 Å². The maximum Gasteiger partial charge on any atom is 0.257 e. The molecule has 1 aromatic heterocycles. The number of para-hydroxylation sites is 1. The van der Waals surface area contributed by atoms with E-state index in [2.05, 4.69) is 15.6 Å². The molecule has 2 N–H and O–H groups in total. The lowest BCUT2D eigenvalue weighted by atomic mass is 10.2. The number of amides is 1. The highest BCUT2D eigenvalue weighted by atomic mass is 19.1. The van der Waals surface area contributed by atoms with E-state index in [1.807, 2.05) is 6.92 Å². The van der Waals surface area contributed by atoms with Gasteiger partial charge in [-0.05, 0) is 37.6 Å². The van der Waals surface area contributed by atoms with E-state index in [0.29, 0.717) is 16.9 Å². The van der Waals surface area contributed by atoms with Gasteiger partial charge in [0, 0.05) is 12.7 Å². The first kappa shape index (κ1) is 14.0. The van der Waals surface area contributed by atoms with Gasteiger partial charge in [0.05, 0.1) is 11.3 Å². The first-order chi connectivity index (χ1) is 9.61. The monoisotopic (exact) mass is 273 g/mol. The van der Waals surface area contributed by atoms with Crippen molar-refractivity contribution >= 4 is 17.4 Å². The van der Waals surface area contributed by atoms with Crippen LogP contribution in [0.1, 0.15) is 22.8 Å². The van der Waals surface area contributed by atoms with Crippen LogP contribution in [0.4, 0.5) is 15.9 Å². The number of carbonyl (C=O) groups excluding carboxylic acids is 1. The van der Waals surface area contributed by atoms with Gasteiger partial charge in [-0.25, -0.2) is 9.37 Å². The van der Waals surface area contributed by atoms with Crippen molar-refractivity contribution in [3.05, 3.63) is 53.5 Å². The lowest BCUT2D eigenvalue weighted by Crippen LogP contribution is -2.14. The number of hydrogen-bond donors (Lipinski definition) is 2. The molecule has 5 heteroatoms. The molecule has 1 amide bonds. The topological polar surface area (TPSA) is 54.0 Å². The number of aromatic nitrogens is 1. The van der Waals surface area contributed by atoms with Crippen LogP contribution in [0.2, 0.25) is 0 Å². The molecule has 0 fully saturated rings. The summed E-state index contributed by atoms with van der Waals surface area (Å²) < 4.78 is 13.7. The van der Waals surface area contributed by atoms with Crippen LogP contribution in [0.25, 0.3) is 0 Å². The molecule has 1 heterocycles. The number of anilines is 2. The minimum atomic E-state index is -0.449. The van der Waals surface area contributed by atoms with Crippen molar-refractivity contribution in [1.29, 1.82) is 0 Å². The fourth-order valence-electron chi connectivity index (χ4n) is 1.79. The van der Waals surface area contributed by atoms with E-state index in [1.165, 1.54) is 12.3 Å². The first-order valence-corrected chi connectivity index (χ1v) is 6.38. The Hall–Kier alpha value is -2.43. The molecule has 0 atom stereocenters. The lowest BCUT2D eigenvalue weighted by molar-refractivity contribution is 0.102. The maximum atomic E-state index is 13.7. The lowest BCUT2D eigenvalue weighted by Gasteiger charge is -2.09. The van der Waals surface area contributed by atoms with Crippen LogP contribution in [0.5, 0.6) is 0 Å². The molecule has 0 unspecified atom stereocenters. The fourth-order valence-corrected chi connectivity index (χ4v) is 1.79. The summed E-state index contributed by atoms with van der Waals surface area (Å²) in [5, 5.41) is 5.61. The van der Waals surface area contributed by atoms with Crippen molar-refractivity contribution in [2.24, 2.45) is 0 Å². The van der Waals surface area contributed by atoms with E-state index < -0.39 is 5.82 Å². The van der Waals surface area contributed by atoms with Crippen LogP contribution >= 0.6 is 0 Å². The Morgan fingerprint density at radius 2 is 2.10 bits per heavy atom. The molecule has 0 saturated heterocycles. The van der Waals surface area contributed by atoms with Crippen LogP contribution in [0, 0.1) is 12.7 Å². The zero-order valence-electron chi connectivity index (χ0n) is 11.4. The molecule has 4 nitrogen and oxygen atoms in total. The number of benzene rings is 1. The van der Waals surface area contributed by atoms with Gasteiger partial charge in [-0.15, -0.1) is 0 Å². The van der Waals surface area contributed by atoms with Gasteiger partial charge in [-0.1, -0.05) is 12.1 Å². The Morgan fingerprint density at radius 1 is 1.30 bits per heavy atom. The van der Waals surface area contributed by atoms with Crippen molar-refractivity contribution in [2.75, 3.05) is 17.2 Å². The van der Waals surface area contributed by atoms with Gasteiger partial charge in [-0.2, -0.15) is 0 Å².